The summed E-state index contributed by atoms with van der Waals surface area (Å²) in [5, 5.41) is 0.234. The fourth-order valence-electron chi connectivity index (χ4n) is 2.50. The fraction of sp³-hybridized carbons (Fsp3) is 0.167. The third-order valence-electron chi connectivity index (χ3n) is 3.69. The summed E-state index contributed by atoms with van der Waals surface area (Å²) in [6.07, 6.45) is 1.42. The molecule has 5 nitrogen and oxygen atoms in total. The number of para-hydroxylation sites is 1. The zero-order chi connectivity index (χ0) is 17.9. The van der Waals surface area contributed by atoms with Gasteiger partial charge in [-0.3, -0.25) is 9.71 Å². The van der Waals surface area contributed by atoms with E-state index in [9.17, 15) is 12.8 Å². The van der Waals surface area contributed by atoms with Gasteiger partial charge < -0.3 is 4.74 Å². The predicted octanol–water partition coefficient (Wildman–Crippen LogP) is 3.71. The van der Waals surface area contributed by atoms with Crippen molar-refractivity contribution in [2.24, 2.45) is 0 Å². The van der Waals surface area contributed by atoms with Gasteiger partial charge in [0.15, 0.2) is 0 Å². The minimum atomic E-state index is -3.92. The summed E-state index contributed by atoms with van der Waals surface area (Å²) >= 11 is 0. The molecule has 7 heteroatoms. The molecule has 0 unspecified atom stereocenters. The van der Waals surface area contributed by atoms with Gasteiger partial charge in [-0.2, -0.15) is 0 Å². The van der Waals surface area contributed by atoms with Crippen LogP contribution in [-0.2, 0) is 21.4 Å². The van der Waals surface area contributed by atoms with E-state index in [1.165, 1.54) is 18.3 Å². The van der Waals surface area contributed by atoms with E-state index in [4.69, 9.17) is 4.74 Å². The molecule has 2 aromatic carbocycles. The summed E-state index contributed by atoms with van der Waals surface area (Å²) in [4.78, 5) is 3.91. The van der Waals surface area contributed by atoms with Crippen molar-refractivity contribution in [1.29, 1.82) is 0 Å². The molecular weight excluding hydrogens is 343 g/mol. The van der Waals surface area contributed by atoms with Crippen LogP contribution in [-0.4, -0.2) is 20.0 Å². The number of fused-ring (bicyclic) bond motifs is 1. The molecule has 0 fully saturated rings. The van der Waals surface area contributed by atoms with E-state index in [1.54, 1.807) is 24.3 Å². The Morgan fingerprint density at radius 1 is 1.12 bits per heavy atom. The van der Waals surface area contributed by atoms with Crippen LogP contribution in [0.25, 0.3) is 10.9 Å². The van der Waals surface area contributed by atoms with Crippen molar-refractivity contribution in [3.63, 3.8) is 0 Å². The second kappa shape index (κ2) is 7.16. The minimum absolute atomic E-state index is 0.0213. The smallest absolute Gasteiger partial charge is 0.262 e. The summed E-state index contributed by atoms with van der Waals surface area (Å²) in [7, 11) is -3.92. The van der Waals surface area contributed by atoms with Crippen LogP contribution in [0, 0.1) is 5.82 Å². The highest BCUT2D eigenvalue weighted by molar-refractivity contribution is 7.93. The summed E-state index contributed by atoms with van der Waals surface area (Å²) < 4.78 is 47.5. The lowest BCUT2D eigenvalue weighted by Gasteiger charge is -2.14. The molecule has 1 N–H and O–H groups in total. The van der Waals surface area contributed by atoms with Gasteiger partial charge in [0.1, 0.15) is 11.3 Å². The number of nitrogens with one attached hydrogen (secondary N) is 1. The van der Waals surface area contributed by atoms with Gasteiger partial charge in [-0.1, -0.05) is 18.2 Å². The van der Waals surface area contributed by atoms with E-state index < -0.39 is 15.8 Å². The monoisotopic (exact) mass is 360 g/mol. The highest BCUT2D eigenvalue weighted by Crippen LogP contribution is 2.27. The third-order valence-corrected chi connectivity index (χ3v) is 5.12. The van der Waals surface area contributed by atoms with Gasteiger partial charge in [0.25, 0.3) is 10.0 Å². The topological polar surface area (TPSA) is 68.3 Å². The summed E-state index contributed by atoms with van der Waals surface area (Å²) in [5.41, 5.74) is 1.17. The fourth-order valence-corrected chi connectivity index (χ4v) is 3.80. The first-order valence-corrected chi connectivity index (χ1v) is 9.23. The first-order chi connectivity index (χ1) is 12.0. The molecule has 1 heterocycles. The highest BCUT2D eigenvalue weighted by atomic mass is 32.2. The van der Waals surface area contributed by atoms with Crippen LogP contribution in [0.3, 0.4) is 0 Å². The molecule has 0 radical (unpaired) electrons. The van der Waals surface area contributed by atoms with Crippen molar-refractivity contribution in [1.82, 2.24) is 4.98 Å². The number of hydrogen-bond acceptors (Lipinski definition) is 4. The Labute approximate surface area is 145 Å². The van der Waals surface area contributed by atoms with Gasteiger partial charge in [0, 0.05) is 23.8 Å². The Bertz CT molecular complexity index is 1010. The van der Waals surface area contributed by atoms with Crippen molar-refractivity contribution in [3.05, 3.63) is 66.1 Å². The van der Waals surface area contributed by atoms with Crippen LogP contribution >= 0.6 is 0 Å². The van der Waals surface area contributed by atoms with Gasteiger partial charge >= 0.3 is 0 Å². The van der Waals surface area contributed by atoms with E-state index in [2.05, 4.69) is 9.71 Å². The van der Waals surface area contributed by atoms with E-state index in [0.29, 0.717) is 18.9 Å². The van der Waals surface area contributed by atoms with Crippen LogP contribution in [0.5, 0.6) is 0 Å². The van der Waals surface area contributed by atoms with Gasteiger partial charge in [-0.25, -0.2) is 12.8 Å². The number of hydrogen-bond donors (Lipinski definition) is 1. The number of anilines is 1. The second-order valence-electron chi connectivity index (χ2n) is 5.34. The maximum atomic E-state index is 13.9. The van der Waals surface area contributed by atoms with Crippen LogP contribution < -0.4 is 4.72 Å². The van der Waals surface area contributed by atoms with Crippen molar-refractivity contribution in [2.75, 3.05) is 11.3 Å². The number of rotatable bonds is 6. The average molecular weight is 360 g/mol. The molecule has 3 aromatic rings. The normalized spacial score (nSPS) is 11.6. The Morgan fingerprint density at radius 3 is 2.72 bits per heavy atom. The maximum absolute atomic E-state index is 13.9. The molecule has 0 aliphatic rings. The largest absolute Gasteiger partial charge is 0.377 e. The maximum Gasteiger partial charge on any atom is 0.262 e. The Balaban J connectivity index is 2.03. The Hall–Kier alpha value is -2.51. The number of sulfonamides is 1. The standard InChI is InChI=1S/C18H17FN2O3S/c1-2-24-12-13-6-3-4-8-16(13)21-25(22,23)17-10-9-15(19)18-14(17)7-5-11-20-18/h3-11,21H,2,12H2,1H3. The number of aromatic nitrogens is 1. The number of ether oxygens (including phenoxy) is 1. The second-order valence-corrected chi connectivity index (χ2v) is 7.00. The molecule has 0 saturated carbocycles. The molecule has 130 valence electrons. The van der Waals surface area contributed by atoms with Crippen LogP contribution in [0.15, 0.2) is 59.6 Å². The summed E-state index contributed by atoms with van der Waals surface area (Å²) in [5.74, 6) is -0.564. The van der Waals surface area contributed by atoms with E-state index >= 15 is 0 Å². The molecule has 0 amide bonds. The van der Waals surface area contributed by atoms with E-state index in [-0.39, 0.29) is 15.8 Å². The quantitative estimate of drug-likeness (QED) is 0.728. The van der Waals surface area contributed by atoms with Crippen LogP contribution in [0.2, 0.25) is 0 Å². The molecule has 0 bridgehead atoms. The van der Waals surface area contributed by atoms with Gasteiger partial charge in [-0.15, -0.1) is 0 Å². The highest BCUT2D eigenvalue weighted by Gasteiger charge is 2.20. The van der Waals surface area contributed by atoms with Crippen LogP contribution in [0.4, 0.5) is 10.1 Å². The van der Waals surface area contributed by atoms with Crippen LogP contribution in [0.1, 0.15) is 12.5 Å². The zero-order valence-electron chi connectivity index (χ0n) is 13.6. The Morgan fingerprint density at radius 2 is 1.92 bits per heavy atom. The average Bonchev–Trinajstić information content (AvgIpc) is 2.61. The lowest BCUT2D eigenvalue weighted by atomic mass is 10.2. The van der Waals surface area contributed by atoms with Gasteiger partial charge in [-0.05, 0) is 37.3 Å². The van der Waals surface area contributed by atoms with Crippen molar-refractivity contribution in [2.45, 2.75) is 18.4 Å². The van der Waals surface area contributed by atoms with Crippen molar-refractivity contribution in [3.8, 4) is 0 Å². The van der Waals surface area contributed by atoms with Crippen molar-refractivity contribution < 1.29 is 17.5 Å². The molecular formula is C18H17FN2O3S. The molecule has 3 rings (SSSR count). The number of nitrogens with zero attached hydrogens (tertiary/aromatic N) is 1. The lowest BCUT2D eigenvalue weighted by Crippen LogP contribution is -2.15. The van der Waals surface area contributed by atoms with E-state index in [0.717, 1.165) is 11.6 Å². The SMILES string of the molecule is CCOCc1ccccc1NS(=O)(=O)c1ccc(F)c2ncccc12. The third kappa shape index (κ3) is 3.62. The molecule has 0 aliphatic carbocycles. The number of pyridine rings is 1. The molecule has 0 atom stereocenters. The van der Waals surface area contributed by atoms with Crippen molar-refractivity contribution >= 4 is 26.6 Å². The number of halogens is 1. The first-order valence-electron chi connectivity index (χ1n) is 7.74. The molecule has 0 spiro atoms. The zero-order valence-corrected chi connectivity index (χ0v) is 14.4. The first kappa shape index (κ1) is 17.3. The minimum Gasteiger partial charge on any atom is -0.377 e. The van der Waals surface area contributed by atoms with E-state index in [1.807, 2.05) is 13.0 Å². The summed E-state index contributed by atoms with van der Waals surface area (Å²) in [6.45, 7) is 2.68. The lowest BCUT2D eigenvalue weighted by molar-refractivity contribution is 0.134. The molecule has 0 aliphatic heterocycles. The molecule has 25 heavy (non-hydrogen) atoms. The Kier molecular flexibility index (Phi) is 4.96. The molecule has 1 aromatic heterocycles. The molecule has 0 saturated heterocycles. The van der Waals surface area contributed by atoms with Gasteiger partial charge in [0.05, 0.1) is 17.2 Å². The van der Waals surface area contributed by atoms with Gasteiger partial charge in [0.2, 0.25) is 0 Å². The number of benzene rings is 2. The predicted molar refractivity (Wildman–Crippen MR) is 94.3 cm³/mol. The summed E-state index contributed by atoms with van der Waals surface area (Å²) in [6, 6.07) is 12.5.